The maximum Gasteiger partial charge on any atom is 0.320 e. The van der Waals surface area contributed by atoms with Gasteiger partial charge in [-0.3, -0.25) is 10.2 Å². The Bertz CT molecular complexity index is 311. The van der Waals surface area contributed by atoms with Crippen LogP contribution < -0.4 is 11.3 Å². The Labute approximate surface area is 76.3 Å². The van der Waals surface area contributed by atoms with Crippen LogP contribution in [0.3, 0.4) is 0 Å². The van der Waals surface area contributed by atoms with Crippen LogP contribution in [-0.4, -0.2) is 10.9 Å². The molecule has 1 rings (SSSR count). The Kier molecular flexibility index (Phi) is 2.38. The van der Waals surface area contributed by atoms with Crippen molar-refractivity contribution < 1.29 is 9.21 Å². The summed E-state index contributed by atoms with van der Waals surface area (Å²) in [6.45, 7) is 5.91. The van der Waals surface area contributed by atoms with Crippen LogP contribution in [0.15, 0.2) is 10.6 Å². The molecule has 0 aliphatic heterocycles. The molecule has 3 N–H and O–H groups in total. The first-order valence-corrected chi connectivity index (χ1v) is 3.92. The third kappa shape index (κ3) is 2.06. The lowest BCUT2D eigenvalue weighted by molar-refractivity contribution is 0.0915. The number of carbonyl (C=O) groups excluding carboxylic acids is 1. The van der Waals surface area contributed by atoms with E-state index < -0.39 is 5.91 Å². The van der Waals surface area contributed by atoms with Crippen molar-refractivity contribution in [3.05, 3.63) is 17.8 Å². The number of hydrazine groups is 1. The van der Waals surface area contributed by atoms with E-state index in [1.807, 2.05) is 26.2 Å². The molecule has 0 aromatic carbocycles. The molecule has 13 heavy (non-hydrogen) atoms. The first kappa shape index (κ1) is 9.73. The summed E-state index contributed by atoms with van der Waals surface area (Å²) in [4.78, 5) is 14.8. The van der Waals surface area contributed by atoms with Crippen LogP contribution in [0.2, 0.25) is 0 Å². The highest BCUT2D eigenvalue weighted by molar-refractivity contribution is 5.88. The molecule has 0 spiro atoms. The summed E-state index contributed by atoms with van der Waals surface area (Å²) >= 11 is 0. The van der Waals surface area contributed by atoms with E-state index in [9.17, 15) is 4.79 Å². The second kappa shape index (κ2) is 3.18. The lowest BCUT2D eigenvalue weighted by Gasteiger charge is -2.12. The summed E-state index contributed by atoms with van der Waals surface area (Å²) < 4.78 is 5.20. The van der Waals surface area contributed by atoms with Crippen LogP contribution in [0.5, 0.6) is 0 Å². The molecule has 0 bridgehead atoms. The topological polar surface area (TPSA) is 81.2 Å². The van der Waals surface area contributed by atoms with Gasteiger partial charge in [0.15, 0.2) is 0 Å². The summed E-state index contributed by atoms with van der Waals surface area (Å²) in [6.07, 6.45) is 1.53. The molecule has 1 aromatic heterocycles. The number of hydrogen-bond acceptors (Lipinski definition) is 4. The monoisotopic (exact) mass is 183 g/mol. The summed E-state index contributed by atoms with van der Waals surface area (Å²) in [5.74, 6) is 5.06. The van der Waals surface area contributed by atoms with Crippen LogP contribution in [0.25, 0.3) is 0 Å². The van der Waals surface area contributed by atoms with E-state index in [1.165, 1.54) is 6.20 Å². The molecule has 0 radical (unpaired) electrons. The summed E-state index contributed by atoms with van der Waals surface area (Å²) in [7, 11) is 0. The van der Waals surface area contributed by atoms with Crippen LogP contribution in [0.4, 0.5) is 0 Å². The van der Waals surface area contributed by atoms with E-state index in [4.69, 9.17) is 10.3 Å². The largest absolute Gasteiger partial charge is 0.437 e. The summed E-state index contributed by atoms with van der Waals surface area (Å²) in [6, 6.07) is 0. The molecule has 0 aliphatic rings. The molecular formula is C8H13N3O2. The van der Waals surface area contributed by atoms with Gasteiger partial charge in [-0.2, -0.15) is 0 Å². The van der Waals surface area contributed by atoms with Crippen LogP contribution >= 0.6 is 0 Å². The quantitative estimate of drug-likeness (QED) is 0.379. The van der Waals surface area contributed by atoms with Crippen molar-refractivity contribution in [2.24, 2.45) is 5.84 Å². The number of carbonyl (C=O) groups is 1. The molecule has 1 aromatic rings. The second-order valence-electron chi connectivity index (χ2n) is 3.75. The van der Waals surface area contributed by atoms with Crippen LogP contribution in [0.1, 0.15) is 37.2 Å². The van der Waals surface area contributed by atoms with Crippen LogP contribution in [0, 0.1) is 0 Å². The smallest absolute Gasteiger partial charge is 0.320 e. The second-order valence-corrected chi connectivity index (χ2v) is 3.75. The van der Waals surface area contributed by atoms with Gasteiger partial charge in [0.2, 0.25) is 0 Å². The van der Waals surface area contributed by atoms with E-state index in [1.54, 1.807) is 0 Å². The average Bonchev–Trinajstić information content (AvgIpc) is 2.50. The molecule has 72 valence electrons. The highest BCUT2D eigenvalue weighted by atomic mass is 16.4. The Morgan fingerprint density at radius 3 is 2.62 bits per heavy atom. The Hall–Kier alpha value is -1.36. The van der Waals surface area contributed by atoms with Crippen molar-refractivity contribution in [1.82, 2.24) is 10.4 Å². The minimum absolute atomic E-state index is 0.00701. The van der Waals surface area contributed by atoms with E-state index in [2.05, 4.69) is 4.98 Å². The van der Waals surface area contributed by atoms with Gasteiger partial charge in [0.05, 0.1) is 6.20 Å². The summed E-state index contributed by atoms with van der Waals surface area (Å²) in [5, 5.41) is 0. The molecule has 5 nitrogen and oxygen atoms in total. The fraction of sp³-hybridized carbons (Fsp3) is 0.500. The third-order valence-corrected chi connectivity index (χ3v) is 1.57. The lowest BCUT2D eigenvalue weighted by Crippen LogP contribution is -2.30. The van der Waals surface area contributed by atoms with E-state index >= 15 is 0 Å². The van der Waals surface area contributed by atoms with Gasteiger partial charge in [0.25, 0.3) is 5.89 Å². The predicted molar refractivity (Wildman–Crippen MR) is 46.9 cm³/mol. The molecule has 1 heterocycles. The van der Waals surface area contributed by atoms with Gasteiger partial charge in [-0.15, -0.1) is 0 Å². The molecular weight excluding hydrogens is 170 g/mol. The standard InChI is InChI=1S/C8H13N3O2/c1-8(2,3)5-4-10-7(13-5)6(12)11-9/h4H,9H2,1-3H3,(H,11,12). The van der Waals surface area contributed by atoms with Gasteiger partial charge < -0.3 is 4.42 Å². The maximum atomic E-state index is 11.0. The van der Waals surface area contributed by atoms with Gasteiger partial charge in [0, 0.05) is 5.41 Å². The van der Waals surface area contributed by atoms with E-state index in [-0.39, 0.29) is 11.3 Å². The number of nitrogens with zero attached hydrogens (tertiary/aromatic N) is 1. The number of hydrogen-bond donors (Lipinski definition) is 2. The fourth-order valence-corrected chi connectivity index (χ4v) is 0.788. The highest BCUT2D eigenvalue weighted by Gasteiger charge is 2.21. The molecule has 5 heteroatoms. The van der Waals surface area contributed by atoms with Crippen molar-refractivity contribution in [2.75, 3.05) is 0 Å². The molecule has 0 unspecified atom stereocenters. The fourth-order valence-electron chi connectivity index (χ4n) is 0.788. The summed E-state index contributed by atoms with van der Waals surface area (Å²) in [5.41, 5.74) is 1.80. The molecule has 1 amide bonds. The number of amides is 1. The number of aromatic nitrogens is 1. The Balaban J connectivity index is 2.93. The molecule has 0 aliphatic carbocycles. The minimum atomic E-state index is -0.518. The average molecular weight is 183 g/mol. The predicted octanol–water partition coefficient (Wildman–Crippen LogP) is 0.576. The SMILES string of the molecule is CC(C)(C)c1cnc(C(=O)NN)o1. The van der Waals surface area contributed by atoms with E-state index in [0.717, 1.165) is 0 Å². The van der Waals surface area contributed by atoms with Crippen molar-refractivity contribution in [3.8, 4) is 0 Å². The molecule has 0 fully saturated rings. The minimum Gasteiger partial charge on any atom is -0.437 e. The zero-order valence-corrected chi connectivity index (χ0v) is 7.92. The third-order valence-electron chi connectivity index (χ3n) is 1.57. The van der Waals surface area contributed by atoms with Gasteiger partial charge >= 0.3 is 5.91 Å². The van der Waals surface area contributed by atoms with Gasteiger partial charge in [-0.05, 0) is 0 Å². The maximum absolute atomic E-state index is 11.0. The first-order chi connectivity index (χ1) is 5.95. The van der Waals surface area contributed by atoms with Crippen molar-refractivity contribution >= 4 is 5.91 Å². The lowest BCUT2D eigenvalue weighted by atomic mass is 9.94. The number of rotatable bonds is 1. The number of nitrogens with two attached hydrogens (primary N) is 1. The zero-order valence-electron chi connectivity index (χ0n) is 7.92. The normalized spacial score (nSPS) is 11.4. The Morgan fingerprint density at radius 2 is 2.23 bits per heavy atom. The van der Waals surface area contributed by atoms with E-state index in [0.29, 0.717) is 5.76 Å². The van der Waals surface area contributed by atoms with Gasteiger partial charge in [0.1, 0.15) is 5.76 Å². The van der Waals surface area contributed by atoms with Crippen LogP contribution in [-0.2, 0) is 5.41 Å². The van der Waals surface area contributed by atoms with Crippen molar-refractivity contribution in [1.29, 1.82) is 0 Å². The van der Waals surface area contributed by atoms with Crippen molar-refractivity contribution in [3.63, 3.8) is 0 Å². The highest BCUT2D eigenvalue weighted by Crippen LogP contribution is 2.22. The van der Waals surface area contributed by atoms with Gasteiger partial charge in [-0.25, -0.2) is 10.8 Å². The number of oxazole rings is 1. The number of nitrogens with one attached hydrogen (secondary N) is 1. The number of nitrogen functional groups attached to an aromatic ring is 1. The zero-order chi connectivity index (χ0) is 10.1. The van der Waals surface area contributed by atoms with Gasteiger partial charge in [-0.1, -0.05) is 20.8 Å². The Morgan fingerprint density at radius 1 is 1.62 bits per heavy atom. The first-order valence-electron chi connectivity index (χ1n) is 3.92. The van der Waals surface area contributed by atoms with Crippen molar-refractivity contribution in [2.45, 2.75) is 26.2 Å². The molecule has 0 saturated carbocycles. The molecule has 0 saturated heterocycles. The molecule has 0 atom stereocenters.